The maximum atomic E-state index is 13.7. The highest BCUT2D eigenvalue weighted by Crippen LogP contribution is 2.34. The van der Waals surface area contributed by atoms with Crippen LogP contribution in [-0.4, -0.2) is 72.7 Å². The zero-order valence-corrected chi connectivity index (χ0v) is 23.9. The Morgan fingerprint density at radius 2 is 2.08 bits per heavy atom. The SMILES string of the molecule is CC1Cc2nc(C(=O)N3CCN(S(=O)(=O)c4cc5ccc(Cl)cc5s4)CC3CCNC(=O)C3CC3)oc2CN1. The highest BCUT2D eigenvalue weighted by molar-refractivity contribution is 7.91. The van der Waals surface area contributed by atoms with Crippen LogP contribution in [0, 0.1) is 5.92 Å². The van der Waals surface area contributed by atoms with E-state index in [4.69, 9.17) is 16.0 Å². The van der Waals surface area contributed by atoms with Crippen molar-refractivity contribution in [2.75, 3.05) is 26.2 Å². The predicted molar refractivity (Wildman–Crippen MR) is 147 cm³/mol. The van der Waals surface area contributed by atoms with Crippen molar-refractivity contribution in [2.24, 2.45) is 5.92 Å². The summed E-state index contributed by atoms with van der Waals surface area (Å²) in [7, 11) is -3.80. The van der Waals surface area contributed by atoms with E-state index in [0.29, 0.717) is 36.7 Å². The molecule has 2 unspecified atom stereocenters. The van der Waals surface area contributed by atoms with Crippen LogP contribution in [0.15, 0.2) is 32.9 Å². The Hall–Kier alpha value is -2.51. The highest BCUT2D eigenvalue weighted by atomic mass is 35.5. The molecule has 2 aromatic heterocycles. The van der Waals surface area contributed by atoms with Crippen LogP contribution in [0.5, 0.6) is 0 Å². The zero-order valence-electron chi connectivity index (χ0n) is 21.5. The minimum Gasteiger partial charge on any atom is -0.436 e. The van der Waals surface area contributed by atoms with Gasteiger partial charge in [0.25, 0.3) is 15.9 Å². The van der Waals surface area contributed by atoms with Crippen molar-refractivity contribution in [1.82, 2.24) is 24.8 Å². The second-order valence-electron chi connectivity index (χ2n) is 10.5. The summed E-state index contributed by atoms with van der Waals surface area (Å²) >= 11 is 7.29. The number of amides is 2. The lowest BCUT2D eigenvalue weighted by molar-refractivity contribution is -0.122. The van der Waals surface area contributed by atoms with Crippen LogP contribution in [-0.2, 0) is 27.8 Å². The van der Waals surface area contributed by atoms with E-state index in [1.54, 1.807) is 29.2 Å². The van der Waals surface area contributed by atoms with Gasteiger partial charge in [-0.05, 0) is 49.8 Å². The van der Waals surface area contributed by atoms with E-state index in [-0.39, 0.29) is 53.5 Å². The molecule has 13 heteroatoms. The Balaban J connectivity index is 1.22. The number of aromatic nitrogens is 1. The first-order valence-corrected chi connectivity index (χ1v) is 15.8. The fraction of sp³-hybridized carbons (Fsp3) is 0.500. The van der Waals surface area contributed by atoms with Gasteiger partial charge in [0.1, 0.15) is 9.97 Å². The van der Waals surface area contributed by atoms with Gasteiger partial charge in [0, 0.05) is 60.3 Å². The Morgan fingerprint density at radius 3 is 2.87 bits per heavy atom. The van der Waals surface area contributed by atoms with Gasteiger partial charge < -0.3 is 20.0 Å². The van der Waals surface area contributed by atoms with Crippen molar-refractivity contribution in [3.8, 4) is 0 Å². The average molecular weight is 592 g/mol. The fourth-order valence-electron chi connectivity index (χ4n) is 5.17. The van der Waals surface area contributed by atoms with E-state index >= 15 is 0 Å². The van der Waals surface area contributed by atoms with Crippen molar-refractivity contribution >= 4 is 54.9 Å². The van der Waals surface area contributed by atoms with Gasteiger partial charge in [0.15, 0.2) is 0 Å². The quantitative estimate of drug-likeness (QED) is 0.433. The van der Waals surface area contributed by atoms with E-state index < -0.39 is 16.1 Å². The average Bonchev–Trinajstić information content (AvgIpc) is 3.54. The van der Waals surface area contributed by atoms with Crippen LogP contribution in [0.3, 0.4) is 0 Å². The molecule has 208 valence electrons. The number of nitrogens with one attached hydrogen (secondary N) is 2. The van der Waals surface area contributed by atoms with Crippen LogP contribution in [0.1, 0.15) is 48.3 Å². The zero-order chi connectivity index (χ0) is 27.3. The lowest BCUT2D eigenvalue weighted by atomic mass is 10.1. The van der Waals surface area contributed by atoms with Crippen molar-refractivity contribution < 1.29 is 22.4 Å². The van der Waals surface area contributed by atoms with Gasteiger partial charge in [-0.25, -0.2) is 13.4 Å². The standard InChI is InChI=1S/C26H30ClN5O5S2/c1-15-10-20-21(13-29-15)37-25(30-20)26(34)32-9-8-31(14-19(32)6-7-28-24(33)16-2-3-16)39(35,36)23-11-17-4-5-18(27)12-22(17)38-23/h4-5,11-12,15-16,19,29H,2-3,6-10,13-14H2,1H3,(H,28,33). The molecular weight excluding hydrogens is 562 g/mol. The number of hydrogen-bond donors (Lipinski definition) is 2. The van der Waals surface area contributed by atoms with Gasteiger partial charge in [-0.15, -0.1) is 11.3 Å². The van der Waals surface area contributed by atoms with Crippen LogP contribution in [0.25, 0.3) is 10.1 Å². The third-order valence-electron chi connectivity index (χ3n) is 7.56. The summed E-state index contributed by atoms with van der Waals surface area (Å²) in [5.41, 5.74) is 0.781. The summed E-state index contributed by atoms with van der Waals surface area (Å²) in [5.74, 6) is 0.418. The number of carbonyl (C=O) groups excluding carboxylic acids is 2. The summed E-state index contributed by atoms with van der Waals surface area (Å²) in [6.45, 7) is 3.37. The Morgan fingerprint density at radius 1 is 1.26 bits per heavy atom. The number of hydrogen-bond acceptors (Lipinski definition) is 8. The summed E-state index contributed by atoms with van der Waals surface area (Å²) in [4.78, 5) is 31.9. The highest BCUT2D eigenvalue weighted by Gasteiger charge is 2.39. The topological polar surface area (TPSA) is 125 Å². The molecule has 39 heavy (non-hydrogen) atoms. The molecule has 1 saturated carbocycles. The number of halogens is 1. The van der Waals surface area contributed by atoms with Crippen LogP contribution < -0.4 is 10.6 Å². The lowest BCUT2D eigenvalue weighted by Crippen LogP contribution is -2.57. The summed E-state index contributed by atoms with van der Waals surface area (Å²) in [6.07, 6.45) is 2.88. The summed E-state index contributed by atoms with van der Waals surface area (Å²) in [6, 6.07) is 6.76. The molecule has 1 saturated heterocycles. The molecule has 2 amide bonds. The smallest absolute Gasteiger partial charge is 0.310 e. The maximum Gasteiger partial charge on any atom is 0.310 e. The molecule has 0 spiro atoms. The number of oxazole rings is 1. The van der Waals surface area contributed by atoms with Gasteiger partial charge >= 0.3 is 5.91 Å². The Bertz CT molecular complexity index is 1530. The number of benzene rings is 1. The number of piperazine rings is 1. The fourth-order valence-corrected chi connectivity index (χ4v) is 8.47. The third kappa shape index (κ3) is 5.45. The van der Waals surface area contributed by atoms with E-state index in [0.717, 1.165) is 28.6 Å². The maximum absolute atomic E-state index is 13.7. The number of thiophene rings is 1. The molecule has 2 N–H and O–H groups in total. The molecule has 0 radical (unpaired) electrons. The number of nitrogens with zero attached hydrogens (tertiary/aromatic N) is 3. The first-order valence-electron chi connectivity index (χ1n) is 13.2. The minimum atomic E-state index is -3.80. The molecule has 0 bridgehead atoms. The Labute approximate surface area is 235 Å². The van der Waals surface area contributed by atoms with Crippen molar-refractivity contribution in [3.05, 3.63) is 46.6 Å². The van der Waals surface area contributed by atoms with Gasteiger partial charge in [0.05, 0.1) is 12.2 Å². The largest absolute Gasteiger partial charge is 0.436 e. The van der Waals surface area contributed by atoms with E-state index in [1.807, 2.05) is 0 Å². The minimum absolute atomic E-state index is 0.0131. The van der Waals surface area contributed by atoms with E-state index in [1.165, 1.54) is 15.6 Å². The van der Waals surface area contributed by atoms with Crippen molar-refractivity contribution in [1.29, 1.82) is 0 Å². The van der Waals surface area contributed by atoms with E-state index in [2.05, 4.69) is 22.5 Å². The van der Waals surface area contributed by atoms with Gasteiger partial charge in [0.2, 0.25) is 5.91 Å². The first kappa shape index (κ1) is 26.7. The molecule has 6 rings (SSSR count). The van der Waals surface area contributed by atoms with Crippen LogP contribution in [0.4, 0.5) is 0 Å². The molecule has 10 nitrogen and oxygen atoms in total. The lowest BCUT2D eigenvalue weighted by Gasteiger charge is -2.40. The molecule has 3 aromatic rings. The predicted octanol–water partition coefficient (Wildman–Crippen LogP) is 3.01. The van der Waals surface area contributed by atoms with Crippen LogP contribution in [0.2, 0.25) is 5.02 Å². The molecule has 2 atom stereocenters. The molecular formula is C26H30ClN5O5S2. The second-order valence-corrected chi connectivity index (χ2v) is 14.2. The second kappa shape index (κ2) is 10.5. The number of carbonyl (C=O) groups is 2. The van der Waals surface area contributed by atoms with Crippen molar-refractivity contribution in [3.63, 3.8) is 0 Å². The number of fused-ring (bicyclic) bond motifs is 2. The molecule has 3 aliphatic rings. The third-order valence-corrected chi connectivity index (χ3v) is 11.2. The van der Waals surface area contributed by atoms with Crippen molar-refractivity contribution in [2.45, 2.75) is 55.4 Å². The van der Waals surface area contributed by atoms with E-state index in [9.17, 15) is 18.0 Å². The van der Waals surface area contributed by atoms with Gasteiger partial charge in [-0.3, -0.25) is 9.59 Å². The summed E-state index contributed by atoms with van der Waals surface area (Å²) in [5, 5.41) is 7.61. The summed E-state index contributed by atoms with van der Waals surface area (Å²) < 4.78 is 35.6. The molecule has 2 aliphatic heterocycles. The first-order chi connectivity index (χ1) is 18.7. The van der Waals surface area contributed by atoms with Gasteiger partial charge in [-0.1, -0.05) is 17.7 Å². The monoisotopic (exact) mass is 591 g/mol. The molecule has 2 fully saturated rings. The molecule has 4 heterocycles. The van der Waals surface area contributed by atoms with Gasteiger partial charge in [-0.2, -0.15) is 4.31 Å². The normalized spacial score (nSPS) is 22.2. The Kier molecular flexibility index (Phi) is 7.17. The number of sulfonamides is 1. The molecule has 1 aromatic carbocycles. The molecule has 1 aliphatic carbocycles. The number of rotatable bonds is 7. The van der Waals surface area contributed by atoms with Crippen LogP contribution >= 0.6 is 22.9 Å².